The highest BCUT2D eigenvalue weighted by atomic mass is 19.2. The topological polar surface area (TPSA) is 73.9 Å². The summed E-state index contributed by atoms with van der Waals surface area (Å²) in [5.41, 5.74) is -0.631. The lowest BCUT2D eigenvalue weighted by Gasteiger charge is -2.26. The molecule has 2 aliphatic rings. The van der Waals surface area contributed by atoms with Crippen LogP contribution in [-0.2, 0) is 14.3 Å². The van der Waals surface area contributed by atoms with Crippen molar-refractivity contribution >= 4 is 11.9 Å². The minimum atomic E-state index is -1.55. The van der Waals surface area contributed by atoms with Gasteiger partial charge in [0, 0.05) is 19.4 Å². The van der Waals surface area contributed by atoms with Crippen LogP contribution in [-0.4, -0.2) is 36.9 Å². The summed E-state index contributed by atoms with van der Waals surface area (Å²) in [6, 6.07) is 0.403. The van der Waals surface area contributed by atoms with Crippen LogP contribution in [0.15, 0.2) is 18.2 Å². The van der Waals surface area contributed by atoms with Crippen molar-refractivity contribution in [1.82, 2.24) is 5.32 Å². The Morgan fingerprint density at radius 3 is 2.62 bits per heavy atom. The first-order valence-electron chi connectivity index (χ1n) is 9.45. The molecule has 1 saturated carbocycles. The van der Waals surface area contributed by atoms with E-state index in [2.05, 4.69) is 5.32 Å². The van der Waals surface area contributed by atoms with Crippen molar-refractivity contribution in [3.8, 4) is 5.75 Å². The van der Waals surface area contributed by atoms with Gasteiger partial charge < -0.3 is 19.5 Å². The summed E-state index contributed by atoms with van der Waals surface area (Å²) in [6.45, 7) is 1.13. The highest BCUT2D eigenvalue weighted by Gasteiger charge is 2.29. The Morgan fingerprint density at radius 2 is 1.93 bits per heavy atom. The molecular weight excluding hydrogens is 391 g/mol. The maximum absolute atomic E-state index is 14.8. The molecule has 1 heterocycles. The standard InChI is InChI=1S/C20H22F3NO5/c1-11(25)27-10-13-7-4-8-16(28-13)29-19-17(22)14(9-15(21)18(19)23)20(26)24-12-5-2-3-6-12/h4,7,9,12-13,16H,2-3,5-6,8,10H2,1H3,(H,24,26). The largest absolute Gasteiger partial charge is 0.463 e. The molecule has 1 N–H and O–H groups in total. The zero-order valence-corrected chi connectivity index (χ0v) is 15.9. The first-order valence-corrected chi connectivity index (χ1v) is 9.45. The average molecular weight is 413 g/mol. The van der Waals surface area contributed by atoms with Gasteiger partial charge in [0.05, 0.1) is 5.56 Å². The van der Waals surface area contributed by atoms with Crippen molar-refractivity contribution in [3.63, 3.8) is 0 Å². The van der Waals surface area contributed by atoms with Gasteiger partial charge in [-0.2, -0.15) is 4.39 Å². The molecule has 9 heteroatoms. The lowest BCUT2D eigenvalue weighted by Crippen LogP contribution is -2.34. The Hall–Kier alpha value is -2.55. The van der Waals surface area contributed by atoms with Gasteiger partial charge in [-0.3, -0.25) is 9.59 Å². The van der Waals surface area contributed by atoms with Gasteiger partial charge in [0.25, 0.3) is 5.91 Å². The van der Waals surface area contributed by atoms with Gasteiger partial charge in [-0.1, -0.05) is 25.0 Å². The minimum absolute atomic E-state index is 0.102. The van der Waals surface area contributed by atoms with E-state index in [0.29, 0.717) is 6.07 Å². The maximum atomic E-state index is 14.8. The van der Waals surface area contributed by atoms with E-state index in [0.717, 1.165) is 25.7 Å². The Balaban J connectivity index is 1.74. The number of nitrogens with one attached hydrogen (secondary N) is 1. The van der Waals surface area contributed by atoms with Crippen LogP contribution in [0.2, 0.25) is 0 Å². The van der Waals surface area contributed by atoms with E-state index in [1.165, 1.54) is 6.92 Å². The number of hydrogen-bond donors (Lipinski definition) is 1. The molecule has 0 spiro atoms. The molecule has 0 bridgehead atoms. The second-order valence-electron chi connectivity index (χ2n) is 7.01. The van der Waals surface area contributed by atoms with E-state index < -0.39 is 53.0 Å². The highest BCUT2D eigenvalue weighted by Crippen LogP contribution is 2.30. The zero-order valence-electron chi connectivity index (χ0n) is 15.9. The molecule has 158 valence electrons. The Labute approximate surface area is 166 Å². The van der Waals surface area contributed by atoms with Gasteiger partial charge in [-0.25, -0.2) is 8.78 Å². The second kappa shape index (κ2) is 9.30. The van der Waals surface area contributed by atoms with Crippen molar-refractivity contribution in [2.75, 3.05) is 6.61 Å². The highest BCUT2D eigenvalue weighted by molar-refractivity contribution is 5.95. The summed E-state index contributed by atoms with van der Waals surface area (Å²) in [5.74, 6) is -6.60. The fourth-order valence-corrected chi connectivity index (χ4v) is 3.32. The Kier molecular flexibility index (Phi) is 6.79. The summed E-state index contributed by atoms with van der Waals surface area (Å²) in [4.78, 5) is 23.2. The maximum Gasteiger partial charge on any atom is 0.302 e. The predicted octanol–water partition coefficient (Wildman–Crippen LogP) is 3.39. The third-order valence-corrected chi connectivity index (χ3v) is 4.76. The molecular formula is C20H22F3NO5. The van der Waals surface area contributed by atoms with Gasteiger partial charge in [-0.05, 0) is 18.9 Å². The molecule has 1 fully saturated rings. The summed E-state index contributed by atoms with van der Waals surface area (Å²) in [6.07, 6.45) is 4.96. The monoisotopic (exact) mass is 413 g/mol. The summed E-state index contributed by atoms with van der Waals surface area (Å²) < 4.78 is 58.5. The third-order valence-electron chi connectivity index (χ3n) is 4.76. The Bertz CT molecular complexity index is 808. The SMILES string of the molecule is CC(=O)OCC1C=CCC(Oc2c(F)c(F)cc(C(=O)NC3CCCC3)c2F)O1. The van der Waals surface area contributed by atoms with Crippen LogP contribution in [0.1, 0.15) is 49.4 Å². The molecule has 2 unspecified atom stereocenters. The number of ether oxygens (including phenoxy) is 3. The van der Waals surface area contributed by atoms with E-state index in [1.54, 1.807) is 12.2 Å². The molecule has 0 saturated heterocycles. The molecule has 1 aliphatic carbocycles. The number of halogens is 3. The summed E-state index contributed by atoms with van der Waals surface area (Å²) >= 11 is 0. The van der Waals surface area contributed by atoms with Crippen molar-refractivity contribution < 1.29 is 37.0 Å². The van der Waals surface area contributed by atoms with Crippen LogP contribution >= 0.6 is 0 Å². The van der Waals surface area contributed by atoms with Gasteiger partial charge >= 0.3 is 5.97 Å². The number of carbonyl (C=O) groups is 2. The van der Waals surface area contributed by atoms with Crippen LogP contribution in [0.4, 0.5) is 13.2 Å². The predicted molar refractivity (Wildman–Crippen MR) is 95.7 cm³/mol. The fourth-order valence-electron chi connectivity index (χ4n) is 3.32. The second-order valence-corrected chi connectivity index (χ2v) is 7.01. The van der Waals surface area contributed by atoms with E-state index in [4.69, 9.17) is 14.2 Å². The van der Waals surface area contributed by atoms with Gasteiger partial charge in [0.15, 0.2) is 17.4 Å². The molecule has 6 nitrogen and oxygen atoms in total. The number of esters is 1. The molecule has 0 radical (unpaired) electrons. The van der Waals surface area contributed by atoms with Crippen molar-refractivity contribution in [1.29, 1.82) is 0 Å². The quantitative estimate of drug-likeness (QED) is 0.440. The van der Waals surface area contributed by atoms with E-state index in [1.807, 2.05) is 0 Å². The van der Waals surface area contributed by atoms with Gasteiger partial charge in [0.1, 0.15) is 12.7 Å². The lowest BCUT2D eigenvalue weighted by atomic mass is 10.1. The number of benzene rings is 1. The van der Waals surface area contributed by atoms with Crippen LogP contribution < -0.4 is 10.1 Å². The molecule has 0 aromatic heterocycles. The molecule has 1 aromatic rings. The lowest BCUT2D eigenvalue weighted by molar-refractivity contribution is -0.154. The molecule has 1 aromatic carbocycles. The van der Waals surface area contributed by atoms with Crippen LogP contribution in [0, 0.1) is 17.5 Å². The smallest absolute Gasteiger partial charge is 0.302 e. The molecule has 3 rings (SSSR count). The summed E-state index contributed by atoms with van der Waals surface area (Å²) in [5, 5.41) is 2.63. The van der Waals surface area contributed by atoms with Crippen LogP contribution in [0.3, 0.4) is 0 Å². The van der Waals surface area contributed by atoms with Gasteiger partial charge in [-0.15, -0.1) is 0 Å². The van der Waals surface area contributed by atoms with Crippen molar-refractivity contribution in [3.05, 3.63) is 41.2 Å². The van der Waals surface area contributed by atoms with E-state index in [9.17, 15) is 22.8 Å². The van der Waals surface area contributed by atoms with Crippen LogP contribution in [0.5, 0.6) is 5.75 Å². The molecule has 2 atom stereocenters. The first-order chi connectivity index (χ1) is 13.8. The minimum Gasteiger partial charge on any atom is -0.463 e. The zero-order chi connectivity index (χ0) is 21.0. The molecule has 1 amide bonds. The average Bonchev–Trinajstić information content (AvgIpc) is 3.19. The fraction of sp³-hybridized carbons (Fsp3) is 0.500. The van der Waals surface area contributed by atoms with Crippen molar-refractivity contribution in [2.24, 2.45) is 0 Å². The normalized spacial score (nSPS) is 21.8. The van der Waals surface area contributed by atoms with E-state index in [-0.39, 0.29) is 19.1 Å². The number of amides is 1. The Morgan fingerprint density at radius 1 is 1.21 bits per heavy atom. The van der Waals surface area contributed by atoms with Gasteiger partial charge in [0.2, 0.25) is 12.1 Å². The number of rotatable bonds is 6. The third kappa shape index (κ3) is 5.29. The molecule has 1 aliphatic heterocycles. The first kappa shape index (κ1) is 21.2. The number of carbonyl (C=O) groups excluding carboxylic acids is 2. The van der Waals surface area contributed by atoms with E-state index >= 15 is 0 Å². The number of hydrogen-bond acceptors (Lipinski definition) is 5. The van der Waals surface area contributed by atoms with Crippen LogP contribution in [0.25, 0.3) is 0 Å². The summed E-state index contributed by atoms with van der Waals surface area (Å²) in [7, 11) is 0. The molecule has 29 heavy (non-hydrogen) atoms. The van der Waals surface area contributed by atoms with Crippen molar-refractivity contribution in [2.45, 2.75) is 57.5 Å².